The third kappa shape index (κ3) is 4.76. The lowest BCUT2D eigenvalue weighted by molar-refractivity contribution is -0.118. The zero-order valence-electron chi connectivity index (χ0n) is 17.1. The fourth-order valence-electron chi connectivity index (χ4n) is 3.33. The third-order valence-electron chi connectivity index (χ3n) is 5.17. The van der Waals surface area contributed by atoms with E-state index >= 15 is 0 Å². The maximum Gasteiger partial charge on any atom is 0.251 e. The number of benzene rings is 2. The molecule has 30 heavy (non-hydrogen) atoms. The van der Waals surface area contributed by atoms with Crippen LogP contribution in [0.15, 0.2) is 54.0 Å². The van der Waals surface area contributed by atoms with Crippen molar-refractivity contribution in [2.75, 3.05) is 5.32 Å². The van der Waals surface area contributed by atoms with Gasteiger partial charge < -0.3 is 10.6 Å². The number of anilines is 1. The van der Waals surface area contributed by atoms with Crippen molar-refractivity contribution in [2.45, 2.75) is 39.2 Å². The molecular formula is C24H25N3O2S. The largest absolute Gasteiger partial charge is 0.348 e. The normalized spacial score (nSPS) is 13.3. The number of aromatic nitrogens is 1. The van der Waals surface area contributed by atoms with Crippen LogP contribution in [-0.2, 0) is 11.3 Å². The van der Waals surface area contributed by atoms with Gasteiger partial charge in [0.15, 0.2) is 0 Å². The molecule has 5 nitrogen and oxygen atoms in total. The van der Waals surface area contributed by atoms with Crippen molar-refractivity contribution in [1.29, 1.82) is 0 Å². The van der Waals surface area contributed by atoms with Crippen LogP contribution in [-0.4, -0.2) is 16.8 Å². The Labute approximate surface area is 180 Å². The van der Waals surface area contributed by atoms with Crippen molar-refractivity contribution in [3.63, 3.8) is 0 Å². The summed E-state index contributed by atoms with van der Waals surface area (Å²) in [6.07, 6.45) is 4.00. The Kier molecular flexibility index (Phi) is 5.95. The van der Waals surface area contributed by atoms with E-state index in [1.807, 2.05) is 49.6 Å². The molecule has 1 fully saturated rings. The molecule has 0 atom stereocenters. The fourth-order valence-corrected chi connectivity index (χ4v) is 3.96. The number of rotatable bonds is 7. The van der Waals surface area contributed by atoms with Crippen molar-refractivity contribution in [3.05, 3.63) is 70.7 Å². The SMILES string of the molecule is CC(C)C(=O)Nc1ccc(C2CC2)c(C(=O)NCc2cccc(-c3nccs3)c2)c1. The van der Waals surface area contributed by atoms with Gasteiger partial charge in [0.05, 0.1) is 0 Å². The van der Waals surface area contributed by atoms with Gasteiger partial charge in [0, 0.05) is 40.9 Å². The van der Waals surface area contributed by atoms with Crippen molar-refractivity contribution in [2.24, 2.45) is 5.92 Å². The van der Waals surface area contributed by atoms with Crippen LogP contribution in [0, 0.1) is 5.92 Å². The van der Waals surface area contributed by atoms with Crippen molar-refractivity contribution in [1.82, 2.24) is 10.3 Å². The van der Waals surface area contributed by atoms with Gasteiger partial charge in [-0.1, -0.05) is 38.1 Å². The zero-order chi connectivity index (χ0) is 21.1. The smallest absolute Gasteiger partial charge is 0.251 e. The summed E-state index contributed by atoms with van der Waals surface area (Å²) in [4.78, 5) is 29.4. The van der Waals surface area contributed by atoms with Crippen molar-refractivity contribution < 1.29 is 9.59 Å². The third-order valence-corrected chi connectivity index (χ3v) is 5.99. The van der Waals surface area contributed by atoms with Crippen LogP contribution in [0.1, 0.15) is 54.1 Å². The van der Waals surface area contributed by atoms with Crippen LogP contribution in [0.4, 0.5) is 5.69 Å². The van der Waals surface area contributed by atoms with E-state index in [9.17, 15) is 9.59 Å². The van der Waals surface area contributed by atoms with Crippen LogP contribution < -0.4 is 10.6 Å². The maximum atomic E-state index is 13.0. The Morgan fingerprint density at radius 1 is 1.17 bits per heavy atom. The lowest BCUT2D eigenvalue weighted by Crippen LogP contribution is -2.24. The highest BCUT2D eigenvalue weighted by atomic mass is 32.1. The molecule has 1 heterocycles. The number of carbonyl (C=O) groups is 2. The van der Waals surface area contributed by atoms with E-state index in [4.69, 9.17) is 0 Å². The summed E-state index contributed by atoms with van der Waals surface area (Å²) in [5, 5.41) is 8.86. The fraction of sp³-hybridized carbons (Fsp3) is 0.292. The highest BCUT2D eigenvalue weighted by Crippen LogP contribution is 2.42. The number of amides is 2. The minimum absolute atomic E-state index is 0.0560. The first-order valence-electron chi connectivity index (χ1n) is 10.2. The van der Waals surface area contributed by atoms with Crippen LogP contribution >= 0.6 is 11.3 Å². The second kappa shape index (κ2) is 8.79. The zero-order valence-corrected chi connectivity index (χ0v) is 18.0. The van der Waals surface area contributed by atoms with E-state index in [2.05, 4.69) is 21.7 Å². The van der Waals surface area contributed by atoms with Crippen LogP contribution in [0.2, 0.25) is 0 Å². The number of nitrogens with zero attached hydrogens (tertiary/aromatic N) is 1. The molecule has 1 aliphatic rings. The van der Waals surface area contributed by atoms with Gasteiger partial charge in [-0.2, -0.15) is 0 Å². The molecule has 154 valence electrons. The lowest BCUT2D eigenvalue weighted by Gasteiger charge is -2.14. The molecule has 1 aromatic heterocycles. The number of carbonyl (C=O) groups excluding carboxylic acids is 2. The Balaban J connectivity index is 1.50. The summed E-state index contributed by atoms with van der Waals surface area (Å²) in [6.45, 7) is 4.13. The number of thiazole rings is 1. The summed E-state index contributed by atoms with van der Waals surface area (Å²) in [6, 6.07) is 13.7. The monoisotopic (exact) mass is 419 g/mol. The van der Waals surface area contributed by atoms with E-state index in [-0.39, 0.29) is 17.7 Å². The van der Waals surface area contributed by atoms with Crippen molar-refractivity contribution in [3.8, 4) is 10.6 Å². The molecule has 4 rings (SSSR count). The molecule has 2 aromatic carbocycles. The summed E-state index contributed by atoms with van der Waals surface area (Å²) in [5.74, 6) is 0.154. The molecule has 2 N–H and O–H groups in total. The summed E-state index contributed by atoms with van der Waals surface area (Å²) in [5.41, 5.74) is 4.44. The second-order valence-corrected chi connectivity index (χ2v) is 8.84. The molecule has 1 saturated carbocycles. The first-order valence-corrected chi connectivity index (χ1v) is 11.1. The molecule has 3 aromatic rings. The van der Waals surface area contributed by atoms with E-state index < -0.39 is 0 Å². The molecule has 0 aliphatic heterocycles. The Morgan fingerprint density at radius 3 is 2.70 bits per heavy atom. The van der Waals surface area contributed by atoms with Crippen LogP contribution in [0.3, 0.4) is 0 Å². The van der Waals surface area contributed by atoms with Crippen LogP contribution in [0.5, 0.6) is 0 Å². The summed E-state index contributed by atoms with van der Waals surface area (Å²) in [7, 11) is 0. The minimum Gasteiger partial charge on any atom is -0.348 e. The molecule has 1 aliphatic carbocycles. The summed E-state index contributed by atoms with van der Waals surface area (Å²) >= 11 is 1.59. The van der Waals surface area contributed by atoms with Gasteiger partial charge in [0.1, 0.15) is 5.01 Å². The van der Waals surface area contributed by atoms with Gasteiger partial charge in [-0.05, 0) is 48.1 Å². The average molecular weight is 420 g/mol. The van der Waals surface area contributed by atoms with Crippen molar-refractivity contribution >= 4 is 28.8 Å². The molecule has 2 amide bonds. The first-order chi connectivity index (χ1) is 14.5. The molecule has 0 spiro atoms. The first kappa shape index (κ1) is 20.3. The average Bonchev–Trinajstić information content (AvgIpc) is 3.44. The molecule has 0 saturated heterocycles. The van der Waals surface area contributed by atoms with E-state index in [0.717, 1.165) is 34.5 Å². The van der Waals surface area contributed by atoms with Gasteiger partial charge in [0.25, 0.3) is 5.91 Å². The van der Waals surface area contributed by atoms with E-state index in [0.29, 0.717) is 23.7 Å². The second-order valence-electron chi connectivity index (χ2n) is 7.94. The quantitative estimate of drug-likeness (QED) is 0.552. The number of hydrogen-bond acceptors (Lipinski definition) is 4. The van der Waals surface area contributed by atoms with Crippen LogP contribution in [0.25, 0.3) is 10.6 Å². The Morgan fingerprint density at radius 2 is 2.00 bits per heavy atom. The van der Waals surface area contributed by atoms with Gasteiger partial charge in [-0.15, -0.1) is 11.3 Å². The predicted molar refractivity (Wildman–Crippen MR) is 121 cm³/mol. The molecule has 0 unspecified atom stereocenters. The van der Waals surface area contributed by atoms with Gasteiger partial charge >= 0.3 is 0 Å². The van der Waals surface area contributed by atoms with E-state index in [1.165, 1.54) is 0 Å². The topological polar surface area (TPSA) is 71.1 Å². The van der Waals surface area contributed by atoms with Gasteiger partial charge in [-0.25, -0.2) is 4.98 Å². The van der Waals surface area contributed by atoms with E-state index in [1.54, 1.807) is 23.6 Å². The van der Waals surface area contributed by atoms with Gasteiger partial charge in [-0.3, -0.25) is 9.59 Å². The summed E-state index contributed by atoms with van der Waals surface area (Å²) < 4.78 is 0. The highest BCUT2D eigenvalue weighted by Gasteiger charge is 2.28. The molecule has 0 bridgehead atoms. The molecule has 6 heteroatoms. The standard InChI is InChI=1S/C24H25N3O2S/c1-15(2)22(28)27-19-8-9-20(17-6-7-17)21(13-19)23(29)26-14-16-4-3-5-18(12-16)24-25-10-11-30-24/h3-5,8-13,15,17H,6-7,14H2,1-2H3,(H,26,29)(H,27,28). The van der Waals surface area contributed by atoms with Gasteiger partial charge in [0.2, 0.25) is 5.91 Å². The number of nitrogens with one attached hydrogen (secondary N) is 2. The highest BCUT2D eigenvalue weighted by molar-refractivity contribution is 7.13. The Hall–Kier alpha value is -2.99. The molecular weight excluding hydrogens is 394 g/mol. The lowest BCUT2D eigenvalue weighted by atomic mass is 10.0. The Bertz CT molecular complexity index is 1060. The molecule has 0 radical (unpaired) electrons. The number of hydrogen-bond donors (Lipinski definition) is 2. The predicted octanol–water partition coefficient (Wildman–Crippen LogP) is 5.21. The maximum absolute atomic E-state index is 13.0. The minimum atomic E-state index is -0.115.